The van der Waals surface area contributed by atoms with Crippen LogP contribution in [0.4, 0.5) is 0 Å². The van der Waals surface area contributed by atoms with E-state index in [1.165, 1.54) is 0 Å². The Bertz CT molecular complexity index is 506. The fourth-order valence-corrected chi connectivity index (χ4v) is 2.05. The van der Waals surface area contributed by atoms with Crippen molar-refractivity contribution in [1.82, 2.24) is 4.98 Å². The summed E-state index contributed by atoms with van der Waals surface area (Å²) in [6.07, 6.45) is 5.62. The van der Waals surface area contributed by atoms with E-state index in [4.69, 9.17) is 11.6 Å². The van der Waals surface area contributed by atoms with Crippen molar-refractivity contribution in [3.63, 3.8) is 0 Å². The monoisotopic (exact) mass is 307 g/mol. The number of pyridine rings is 1. The van der Waals surface area contributed by atoms with Gasteiger partial charge in [0.1, 0.15) is 0 Å². The Morgan fingerprint density at radius 2 is 1.94 bits per heavy atom. The largest absolute Gasteiger partial charge is 0.264 e. The van der Waals surface area contributed by atoms with Gasteiger partial charge in [-0.2, -0.15) is 0 Å². The molecule has 1 aromatic carbocycles. The van der Waals surface area contributed by atoms with E-state index in [2.05, 4.69) is 33.0 Å². The Morgan fingerprint density at radius 1 is 1.18 bits per heavy atom. The molecule has 0 aliphatic carbocycles. The van der Waals surface area contributed by atoms with E-state index in [9.17, 15) is 0 Å². The quantitative estimate of drug-likeness (QED) is 0.760. The second kappa shape index (κ2) is 5.99. The van der Waals surface area contributed by atoms with Crippen LogP contribution in [0.5, 0.6) is 0 Å². The number of alkyl halides is 1. The van der Waals surface area contributed by atoms with Crippen molar-refractivity contribution in [3.05, 3.63) is 70.5 Å². The Morgan fingerprint density at radius 3 is 2.53 bits per heavy atom. The molecule has 0 saturated heterocycles. The maximum Gasteiger partial charge on any atom is 0.0413 e. The van der Waals surface area contributed by atoms with Crippen LogP contribution in [0.15, 0.2) is 59.3 Å². The number of nitrogens with zero attached hydrogens (tertiary/aromatic N) is 1. The predicted molar refractivity (Wildman–Crippen MR) is 76.2 cm³/mol. The van der Waals surface area contributed by atoms with Crippen LogP contribution >= 0.6 is 27.5 Å². The molecule has 0 unspecified atom stereocenters. The zero-order valence-corrected chi connectivity index (χ0v) is 11.4. The Labute approximate surface area is 114 Å². The van der Waals surface area contributed by atoms with Gasteiger partial charge in [0.25, 0.3) is 0 Å². The zero-order chi connectivity index (χ0) is 12.1. The molecule has 0 saturated carbocycles. The lowest BCUT2D eigenvalue weighted by molar-refractivity contribution is 1.30. The van der Waals surface area contributed by atoms with Gasteiger partial charge in [0.15, 0.2) is 0 Å². The van der Waals surface area contributed by atoms with Crippen LogP contribution in [0.2, 0.25) is 0 Å². The van der Waals surface area contributed by atoms with E-state index in [1.54, 1.807) is 6.20 Å². The normalized spacial score (nSPS) is 11.5. The molecule has 3 heteroatoms. The zero-order valence-electron chi connectivity index (χ0n) is 9.11. The van der Waals surface area contributed by atoms with Crippen molar-refractivity contribution in [2.45, 2.75) is 0 Å². The van der Waals surface area contributed by atoms with Crippen molar-refractivity contribution in [2.24, 2.45) is 0 Å². The van der Waals surface area contributed by atoms with Crippen LogP contribution in [-0.2, 0) is 0 Å². The molecule has 0 N–H and O–H groups in total. The van der Waals surface area contributed by atoms with Crippen LogP contribution in [0.25, 0.3) is 5.57 Å². The Balaban J connectivity index is 2.44. The van der Waals surface area contributed by atoms with Gasteiger partial charge < -0.3 is 0 Å². The van der Waals surface area contributed by atoms with E-state index in [0.717, 1.165) is 21.2 Å². The minimum Gasteiger partial charge on any atom is -0.264 e. The molecule has 2 rings (SSSR count). The first-order valence-electron chi connectivity index (χ1n) is 5.23. The van der Waals surface area contributed by atoms with E-state index in [0.29, 0.717) is 5.88 Å². The third kappa shape index (κ3) is 3.18. The first-order chi connectivity index (χ1) is 8.31. The highest BCUT2D eigenvalue weighted by molar-refractivity contribution is 9.10. The van der Waals surface area contributed by atoms with Gasteiger partial charge in [0.05, 0.1) is 0 Å². The second-order valence-electron chi connectivity index (χ2n) is 3.52. The lowest BCUT2D eigenvalue weighted by Gasteiger charge is -2.07. The number of benzene rings is 1. The number of aromatic nitrogens is 1. The minimum atomic E-state index is 0.486. The lowest BCUT2D eigenvalue weighted by Crippen LogP contribution is -1.89. The van der Waals surface area contributed by atoms with Crippen molar-refractivity contribution in [1.29, 1.82) is 0 Å². The van der Waals surface area contributed by atoms with Crippen LogP contribution in [0, 0.1) is 0 Å². The van der Waals surface area contributed by atoms with Crippen LogP contribution < -0.4 is 0 Å². The number of hydrogen-bond donors (Lipinski definition) is 0. The topological polar surface area (TPSA) is 12.9 Å². The fraction of sp³-hybridized carbons (Fsp3) is 0.0714. The molecule has 0 bridgehead atoms. The molecule has 0 spiro atoms. The van der Waals surface area contributed by atoms with Crippen molar-refractivity contribution in [2.75, 3.05) is 5.88 Å². The molecule has 0 aliphatic heterocycles. The van der Waals surface area contributed by atoms with E-state index < -0.39 is 0 Å². The maximum atomic E-state index is 5.82. The van der Waals surface area contributed by atoms with Gasteiger partial charge in [0.2, 0.25) is 0 Å². The van der Waals surface area contributed by atoms with Crippen LogP contribution in [0.1, 0.15) is 11.1 Å². The molecule has 1 heterocycles. The SMILES string of the molecule is ClC/C=C(\c1ccc(Br)cc1)c1cccnc1. The van der Waals surface area contributed by atoms with Gasteiger partial charge >= 0.3 is 0 Å². The molecule has 0 amide bonds. The van der Waals surface area contributed by atoms with Crippen LogP contribution in [-0.4, -0.2) is 10.9 Å². The summed E-state index contributed by atoms with van der Waals surface area (Å²) in [6, 6.07) is 12.1. The molecule has 0 fully saturated rings. The van der Waals surface area contributed by atoms with Gasteiger partial charge in [-0.25, -0.2) is 0 Å². The summed E-state index contributed by atoms with van der Waals surface area (Å²) in [5.41, 5.74) is 3.33. The average molecular weight is 309 g/mol. The predicted octanol–water partition coefficient (Wildman–Crippen LogP) is 4.51. The number of hydrogen-bond acceptors (Lipinski definition) is 1. The molecule has 0 aliphatic rings. The van der Waals surface area contributed by atoms with Crippen LogP contribution in [0.3, 0.4) is 0 Å². The van der Waals surface area contributed by atoms with E-state index in [1.807, 2.05) is 36.5 Å². The number of rotatable bonds is 3. The summed E-state index contributed by atoms with van der Waals surface area (Å²) in [7, 11) is 0. The number of halogens is 2. The van der Waals surface area contributed by atoms with Gasteiger partial charge in [-0.05, 0) is 29.3 Å². The molecule has 1 nitrogen and oxygen atoms in total. The molecule has 0 radical (unpaired) electrons. The summed E-state index contributed by atoms with van der Waals surface area (Å²) in [4.78, 5) is 4.14. The second-order valence-corrected chi connectivity index (χ2v) is 4.74. The highest BCUT2D eigenvalue weighted by atomic mass is 79.9. The molecule has 86 valence electrons. The smallest absolute Gasteiger partial charge is 0.0413 e. The Kier molecular flexibility index (Phi) is 4.35. The molecule has 0 atom stereocenters. The molecular formula is C14H11BrClN. The summed E-state index contributed by atoms with van der Waals surface area (Å²) < 4.78 is 1.07. The van der Waals surface area contributed by atoms with Gasteiger partial charge in [-0.3, -0.25) is 4.98 Å². The van der Waals surface area contributed by atoms with Gasteiger partial charge in [-0.1, -0.05) is 40.2 Å². The third-order valence-corrected chi connectivity index (χ3v) is 3.09. The summed E-state index contributed by atoms with van der Waals surface area (Å²) in [5.74, 6) is 0.486. The highest BCUT2D eigenvalue weighted by Crippen LogP contribution is 2.24. The summed E-state index contributed by atoms with van der Waals surface area (Å²) >= 11 is 9.25. The summed E-state index contributed by atoms with van der Waals surface area (Å²) in [6.45, 7) is 0. The third-order valence-electron chi connectivity index (χ3n) is 2.41. The first kappa shape index (κ1) is 12.3. The van der Waals surface area contributed by atoms with E-state index in [-0.39, 0.29) is 0 Å². The molecule has 2 aromatic rings. The van der Waals surface area contributed by atoms with Gasteiger partial charge in [-0.15, -0.1) is 11.6 Å². The maximum absolute atomic E-state index is 5.82. The van der Waals surface area contributed by atoms with Crippen molar-refractivity contribution in [3.8, 4) is 0 Å². The first-order valence-corrected chi connectivity index (χ1v) is 6.56. The standard InChI is InChI=1S/C14H11BrClN/c15-13-5-3-11(4-6-13)14(7-8-16)12-2-1-9-17-10-12/h1-7,9-10H,8H2/b14-7+. The number of allylic oxidation sites excluding steroid dienone is 1. The molecule has 1 aromatic heterocycles. The van der Waals surface area contributed by atoms with Crippen molar-refractivity contribution < 1.29 is 0 Å². The van der Waals surface area contributed by atoms with Crippen molar-refractivity contribution >= 4 is 33.1 Å². The van der Waals surface area contributed by atoms with E-state index >= 15 is 0 Å². The molecular weight excluding hydrogens is 298 g/mol. The average Bonchev–Trinajstić information content (AvgIpc) is 2.38. The minimum absolute atomic E-state index is 0.486. The Hall–Kier alpha value is -1.12. The van der Waals surface area contributed by atoms with Gasteiger partial charge in [0, 0.05) is 28.3 Å². The molecule has 17 heavy (non-hydrogen) atoms. The fourth-order valence-electron chi connectivity index (χ4n) is 1.63. The highest BCUT2D eigenvalue weighted by Gasteiger charge is 2.04. The summed E-state index contributed by atoms with van der Waals surface area (Å²) in [5, 5.41) is 0. The lowest BCUT2D eigenvalue weighted by atomic mass is 9.99.